The second-order valence-electron chi connectivity index (χ2n) is 5.69. The molecule has 2 aliphatic carbocycles. The van der Waals surface area contributed by atoms with Crippen LogP contribution >= 0.6 is 0 Å². The molecule has 1 nitrogen and oxygen atoms in total. The lowest BCUT2D eigenvalue weighted by Gasteiger charge is -2.48. The van der Waals surface area contributed by atoms with Gasteiger partial charge >= 0.3 is 0 Å². The zero-order chi connectivity index (χ0) is 9.47. The van der Waals surface area contributed by atoms with Crippen molar-refractivity contribution in [2.75, 3.05) is 0 Å². The van der Waals surface area contributed by atoms with Crippen LogP contribution in [0.4, 0.5) is 0 Å². The van der Waals surface area contributed by atoms with Crippen molar-refractivity contribution in [2.24, 2.45) is 17.3 Å². The van der Waals surface area contributed by atoms with Crippen LogP contribution < -0.4 is 0 Å². The van der Waals surface area contributed by atoms with Gasteiger partial charge in [0.05, 0.1) is 6.10 Å². The fraction of sp³-hybridized carbons (Fsp3) is 1.00. The maximum absolute atomic E-state index is 9.74. The molecule has 2 fully saturated rings. The zero-order valence-electron chi connectivity index (χ0n) is 8.92. The fourth-order valence-electron chi connectivity index (χ4n) is 3.81. The summed E-state index contributed by atoms with van der Waals surface area (Å²) in [5, 5.41) is 9.74. The molecule has 4 unspecified atom stereocenters. The Bertz CT molecular complexity index is 186. The Morgan fingerprint density at radius 2 is 2.00 bits per heavy atom. The fourth-order valence-corrected chi connectivity index (χ4v) is 3.81. The molecule has 1 N–H and O–H groups in total. The van der Waals surface area contributed by atoms with Crippen LogP contribution in [0.5, 0.6) is 0 Å². The van der Waals surface area contributed by atoms with E-state index in [0.29, 0.717) is 5.41 Å². The third kappa shape index (κ3) is 1.90. The molecule has 13 heavy (non-hydrogen) atoms. The Labute approximate surface area is 81.5 Å². The molecule has 0 aromatic rings. The lowest BCUT2D eigenvalue weighted by atomic mass is 9.59. The van der Waals surface area contributed by atoms with E-state index in [0.717, 1.165) is 24.7 Å². The molecule has 0 saturated heterocycles. The van der Waals surface area contributed by atoms with Gasteiger partial charge in [-0.25, -0.2) is 0 Å². The first-order valence-electron chi connectivity index (χ1n) is 5.79. The molecule has 76 valence electrons. The molecule has 2 aliphatic rings. The lowest BCUT2D eigenvalue weighted by Crippen LogP contribution is -2.40. The summed E-state index contributed by atoms with van der Waals surface area (Å²) < 4.78 is 0. The van der Waals surface area contributed by atoms with E-state index >= 15 is 0 Å². The zero-order valence-corrected chi connectivity index (χ0v) is 8.92. The van der Waals surface area contributed by atoms with Gasteiger partial charge in [-0.2, -0.15) is 0 Å². The Kier molecular flexibility index (Phi) is 2.39. The van der Waals surface area contributed by atoms with Gasteiger partial charge in [0.2, 0.25) is 0 Å². The Hall–Kier alpha value is -0.0400. The minimum absolute atomic E-state index is 0.00144. The molecule has 4 atom stereocenters. The van der Waals surface area contributed by atoms with Gasteiger partial charge in [0.1, 0.15) is 0 Å². The maximum Gasteiger partial charge on any atom is 0.0548 e. The molecule has 2 bridgehead atoms. The number of aliphatic hydroxyl groups excluding tert-OH is 1. The summed E-state index contributed by atoms with van der Waals surface area (Å²) in [6.45, 7) is 4.69. The quantitative estimate of drug-likeness (QED) is 0.661. The molecular weight excluding hydrogens is 160 g/mol. The predicted molar refractivity (Wildman–Crippen MR) is 54.5 cm³/mol. The van der Waals surface area contributed by atoms with E-state index in [9.17, 15) is 5.11 Å². The van der Waals surface area contributed by atoms with Gasteiger partial charge in [-0.3, -0.25) is 0 Å². The number of rotatable bonds is 1. The van der Waals surface area contributed by atoms with E-state index in [1.807, 2.05) is 0 Å². The first-order valence-corrected chi connectivity index (χ1v) is 5.79. The molecule has 0 aromatic heterocycles. The molecule has 0 spiro atoms. The van der Waals surface area contributed by atoms with Crippen molar-refractivity contribution in [3.63, 3.8) is 0 Å². The number of hydrogen-bond donors (Lipinski definition) is 1. The predicted octanol–water partition coefficient (Wildman–Crippen LogP) is 2.97. The highest BCUT2D eigenvalue weighted by molar-refractivity contribution is 4.93. The molecular formula is C12H22O. The van der Waals surface area contributed by atoms with Crippen LogP contribution in [0.15, 0.2) is 0 Å². The number of fused-ring (bicyclic) bond motifs is 2. The summed E-state index contributed by atoms with van der Waals surface area (Å²) >= 11 is 0. The van der Waals surface area contributed by atoms with Crippen LogP contribution in [0, 0.1) is 17.3 Å². The van der Waals surface area contributed by atoms with Crippen molar-refractivity contribution in [1.29, 1.82) is 0 Å². The van der Waals surface area contributed by atoms with Crippen molar-refractivity contribution in [1.82, 2.24) is 0 Å². The average molecular weight is 182 g/mol. The summed E-state index contributed by atoms with van der Waals surface area (Å²) in [5.74, 6) is 1.77. The van der Waals surface area contributed by atoms with E-state index in [1.54, 1.807) is 0 Å². The minimum atomic E-state index is 0.00144. The molecule has 0 aliphatic heterocycles. The third-order valence-electron chi connectivity index (χ3n) is 4.14. The van der Waals surface area contributed by atoms with Crippen LogP contribution in [-0.4, -0.2) is 11.2 Å². The Morgan fingerprint density at radius 3 is 2.62 bits per heavy atom. The molecule has 0 aromatic carbocycles. The first kappa shape index (κ1) is 9.51. The van der Waals surface area contributed by atoms with Gasteiger partial charge in [-0.05, 0) is 49.4 Å². The maximum atomic E-state index is 9.74. The largest absolute Gasteiger partial charge is 0.393 e. The van der Waals surface area contributed by atoms with E-state index in [1.165, 1.54) is 25.7 Å². The molecule has 2 rings (SSSR count). The summed E-state index contributed by atoms with van der Waals surface area (Å²) in [4.78, 5) is 0. The molecule has 2 saturated carbocycles. The van der Waals surface area contributed by atoms with E-state index in [-0.39, 0.29) is 6.10 Å². The summed E-state index contributed by atoms with van der Waals surface area (Å²) in [6.07, 6.45) is 7.58. The highest BCUT2D eigenvalue weighted by Gasteiger charge is 2.42. The van der Waals surface area contributed by atoms with E-state index in [4.69, 9.17) is 0 Å². The second-order valence-corrected chi connectivity index (χ2v) is 5.69. The topological polar surface area (TPSA) is 20.2 Å². The van der Waals surface area contributed by atoms with Gasteiger partial charge in [0.15, 0.2) is 0 Å². The average Bonchev–Trinajstić information content (AvgIpc) is 1.99. The van der Waals surface area contributed by atoms with E-state index in [2.05, 4.69) is 13.8 Å². The van der Waals surface area contributed by atoms with Crippen molar-refractivity contribution >= 4 is 0 Å². The highest BCUT2D eigenvalue weighted by Crippen LogP contribution is 2.51. The van der Waals surface area contributed by atoms with Crippen molar-refractivity contribution in [3.8, 4) is 0 Å². The van der Waals surface area contributed by atoms with Crippen LogP contribution in [0.3, 0.4) is 0 Å². The Balaban J connectivity index is 2.08. The SMILES string of the molecule is CCC1CC2CC(O)CC(C)(C1)C2. The molecule has 0 amide bonds. The smallest absolute Gasteiger partial charge is 0.0548 e. The molecule has 0 radical (unpaired) electrons. The monoisotopic (exact) mass is 182 g/mol. The van der Waals surface area contributed by atoms with Crippen molar-refractivity contribution in [2.45, 2.75) is 58.5 Å². The normalized spacial score (nSPS) is 50.5. The van der Waals surface area contributed by atoms with Crippen molar-refractivity contribution in [3.05, 3.63) is 0 Å². The van der Waals surface area contributed by atoms with Crippen molar-refractivity contribution < 1.29 is 5.11 Å². The van der Waals surface area contributed by atoms with Crippen LogP contribution in [0.25, 0.3) is 0 Å². The minimum Gasteiger partial charge on any atom is -0.393 e. The van der Waals surface area contributed by atoms with Gasteiger partial charge in [-0.1, -0.05) is 20.3 Å². The third-order valence-corrected chi connectivity index (χ3v) is 4.14. The number of aliphatic hydroxyl groups is 1. The standard InChI is InChI=1S/C12H22O/c1-3-9-4-10-5-11(13)8-12(2,6-9)7-10/h9-11,13H,3-8H2,1-2H3. The highest BCUT2D eigenvalue weighted by atomic mass is 16.3. The summed E-state index contributed by atoms with van der Waals surface area (Å²) in [5.41, 5.74) is 0.473. The van der Waals surface area contributed by atoms with Crippen LogP contribution in [0.1, 0.15) is 52.4 Å². The van der Waals surface area contributed by atoms with E-state index < -0.39 is 0 Å². The molecule has 1 heteroatoms. The summed E-state index contributed by atoms with van der Waals surface area (Å²) in [6, 6.07) is 0. The second kappa shape index (κ2) is 3.27. The van der Waals surface area contributed by atoms with Gasteiger partial charge in [0.25, 0.3) is 0 Å². The number of hydrogen-bond acceptors (Lipinski definition) is 1. The van der Waals surface area contributed by atoms with Crippen LogP contribution in [-0.2, 0) is 0 Å². The van der Waals surface area contributed by atoms with Gasteiger partial charge < -0.3 is 5.11 Å². The first-order chi connectivity index (χ1) is 6.11. The lowest BCUT2D eigenvalue weighted by molar-refractivity contribution is -0.0253. The van der Waals surface area contributed by atoms with Gasteiger partial charge in [0, 0.05) is 0 Å². The van der Waals surface area contributed by atoms with Crippen LogP contribution in [0.2, 0.25) is 0 Å². The van der Waals surface area contributed by atoms with Gasteiger partial charge in [-0.15, -0.1) is 0 Å². The Morgan fingerprint density at radius 1 is 1.23 bits per heavy atom. The molecule has 0 heterocycles. The summed E-state index contributed by atoms with van der Waals surface area (Å²) in [7, 11) is 0.